The van der Waals surface area contributed by atoms with Crippen LogP contribution in [0.15, 0.2) is 24.3 Å². The molecule has 1 aliphatic heterocycles. The van der Waals surface area contributed by atoms with Crippen molar-refractivity contribution in [3.05, 3.63) is 41.1 Å². The van der Waals surface area contributed by atoms with Crippen LogP contribution in [0.1, 0.15) is 29.8 Å². The zero-order chi connectivity index (χ0) is 13.4. The monoisotopic (exact) mass is 304 g/mol. The predicted octanol–water partition coefficient (Wildman–Crippen LogP) is 0.458. The molecule has 19 heavy (non-hydrogen) atoms. The van der Waals surface area contributed by atoms with Gasteiger partial charge in [0.25, 0.3) is 0 Å². The summed E-state index contributed by atoms with van der Waals surface area (Å²) in [6, 6.07) is 7.37. The van der Waals surface area contributed by atoms with Gasteiger partial charge in [0.15, 0.2) is 0 Å². The van der Waals surface area contributed by atoms with Gasteiger partial charge in [0.05, 0.1) is 5.91 Å². The minimum absolute atomic E-state index is 0. The molecule has 0 saturated carbocycles. The molecule has 1 aromatic carbocycles. The molecule has 0 aromatic heterocycles. The van der Waals surface area contributed by atoms with Crippen LogP contribution < -0.4 is 51.4 Å². The third kappa shape index (κ3) is 7.27. The number of hydrogen-bond acceptors (Lipinski definition) is 3. The summed E-state index contributed by atoms with van der Waals surface area (Å²) in [6.45, 7) is 7.24. The molecule has 0 bridgehead atoms. The van der Waals surface area contributed by atoms with Gasteiger partial charge in [-0.15, -0.1) is 0 Å². The number of nitrogens with zero attached hydrogens (tertiary/aromatic N) is 1. The maximum atomic E-state index is 10.8. The van der Waals surface area contributed by atoms with Crippen molar-refractivity contribution in [1.29, 1.82) is 0 Å². The van der Waals surface area contributed by atoms with Gasteiger partial charge in [-0.3, -0.25) is 4.90 Å². The molecule has 0 unspecified atom stereocenters. The van der Waals surface area contributed by atoms with E-state index in [0.717, 1.165) is 19.6 Å². The molecule has 1 amide bonds. The summed E-state index contributed by atoms with van der Waals surface area (Å²) >= 11 is 2.00. The molecule has 1 heterocycles. The summed E-state index contributed by atoms with van der Waals surface area (Å²) in [7, 11) is 0. The van der Waals surface area contributed by atoms with Crippen LogP contribution in [0.4, 0.5) is 0 Å². The third-order valence-corrected chi connectivity index (χ3v) is 3.67. The Balaban J connectivity index is 0.00000103. The first-order chi connectivity index (χ1) is 8.75. The molecule has 0 spiro atoms. The normalized spacial score (nSPS) is 14.8. The maximum Gasteiger partial charge on any atom is 1.00 e. The van der Waals surface area contributed by atoms with Gasteiger partial charge in [-0.25, -0.2) is 0 Å². The smallest absolute Gasteiger partial charge is 0.664 e. The first-order valence-electron chi connectivity index (χ1n) is 6.41. The Kier molecular flexibility index (Phi) is 11.7. The SMILES string of the molecule is CC.[K+].[NH-]C(=O)c1ccc(CN2CCSCC2)cc1. The Morgan fingerprint density at radius 1 is 1.21 bits per heavy atom. The Bertz CT molecular complexity index is 364. The van der Waals surface area contributed by atoms with E-state index in [1.807, 2.05) is 37.7 Å². The molecule has 2 rings (SSSR count). The number of carbonyl (C=O) groups excluding carboxylic acids is 1. The first kappa shape index (κ1) is 19.6. The second-order valence-corrected chi connectivity index (χ2v) is 5.14. The predicted molar refractivity (Wildman–Crippen MR) is 79.0 cm³/mol. The second-order valence-electron chi connectivity index (χ2n) is 3.91. The van der Waals surface area contributed by atoms with Crippen LogP contribution in [-0.4, -0.2) is 35.4 Å². The zero-order valence-corrected chi connectivity index (χ0v) is 16.0. The minimum atomic E-state index is -0.610. The molecule has 1 fully saturated rings. The Morgan fingerprint density at radius 2 is 1.74 bits per heavy atom. The number of nitrogens with one attached hydrogen (secondary N) is 1. The van der Waals surface area contributed by atoms with E-state index in [1.54, 1.807) is 12.1 Å². The van der Waals surface area contributed by atoms with Gasteiger partial charge in [0.2, 0.25) is 0 Å². The van der Waals surface area contributed by atoms with E-state index in [4.69, 9.17) is 5.73 Å². The molecule has 0 radical (unpaired) electrons. The molecule has 5 heteroatoms. The van der Waals surface area contributed by atoms with Crippen LogP contribution >= 0.6 is 11.8 Å². The Hall–Kier alpha value is 0.636. The summed E-state index contributed by atoms with van der Waals surface area (Å²) in [5.74, 6) is 1.81. The van der Waals surface area contributed by atoms with Gasteiger partial charge in [-0.05, 0) is 11.1 Å². The first-order valence-corrected chi connectivity index (χ1v) is 7.56. The number of carbonyl (C=O) groups is 1. The van der Waals surface area contributed by atoms with Gasteiger partial charge < -0.3 is 10.5 Å². The molecule has 0 atom stereocenters. The topological polar surface area (TPSA) is 44.1 Å². The van der Waals surface area contributed by atoms with Crippen LogP contribution in [-0.2, 0) is 6.54 Å². The number of benzene rings is 1. The molecular weight excluding hydrogens is 283 g/mol. The largest absolute Gasteiger partial charge is 1.00 e. The third-order valence-electron chi connectivity index (χ3n) is 2.73. The van der Waals surface area contributed by atoms with Crippen molar-refractivity contribution in [2.45, 2.75) is 20.4 Å². The van der Waals surface area contributed by atoms with Gasteiger partial charge in [-0.2, -0.15) is 11.8 Å². The van der Waals surface area contributed by atoms with Gasteiger partial charge in [0, 0.05) is 31.1 Å². The zero-order valence-electron chi connectivity index (χ0n) is 12.1. The van der Waals surface area contributed by atoms with E-state index in [2.05, 4.69) is 4.90 Å². The van der Waals surface area contributed by atoms with E-state index in [1.165, 1.54) is 17.1 Å². The molecular formula is C14H21KN2OS. The van der Waals surface area contributed by atoms with Crippen molar-refractivity contribution in [3.63, 3.8) is 0 Å². The average molecular weight is 305 g/mol. The van der Waals surface area contributed by atoms with Crippen molar-refractivity contribution in [2.24, 2.45) is 0 Å². The van der Waals surface area contributed by atoms with Crippen LogP contribution in [0.3, 0.4) is 0 Å². The van der Waals surface area contributed by atoms with Crippen molar-refractivity contribution in [2.75, 3.05) is 24.6 Å². The van der Waals surface area contributed by atoms with Gasteiger partial charge in [0.1, 0.15) is 0 Å². The fourth-order valence-corrected chi connectivity index (χ4v) is 2.76. The van der Waals surface area contributed by atoms with Gasteiger partial charge >= 0.3 is 51.4 Å². The molecule has 1 saturated heterocycles. The van der Waals surface area contributed by atoms with E-state index in [-0.39, 0.29) is 51.4 Å². The molecule has 1 aromatic rings. The standard InChI is InChI=1S/C12H16N2OS.C2H6.K/c13-12(15)11-3-1-10(2-4-11)9-14-5-7-16-8-6-14;1-2;/h1-4H,5-9H2,(H2,13,15);1-2H3;/q;;+1/p-1. The van der Waals surface area contributed by atoms with Crippen molar-refractivity contribution >= 4 is 17.7 Å². The van der Waals surface area contributed by atoms with E-state index in [0.29, 0.717) is 5.56 Å². The number of thioether (sulfide) groups is 1. The summed E-state index contributed by atoms with van der Waals surface area (Å²) < 4.78 is 0. The van der Waals surface area contributed by atoms with E-state index < -0.39 is 5.91 Å². The van der Waals surface area contributed by atoms with Crippen molar-refractivity contribution < 1.29 is 56.2 Å². The number of amides is 1. The van der Waals surface area contributed by atoms with E-state index >= 15 is 0 Å². The van der Waals surface area contributed by atoms with Crippen LogP contribution in [0.25, 0.3) is 5.73 Å². The molecule has 0 aliphatic carbocycles. The fraction of sp³-hybridized carbons (Fsp3) is 0.500. The van der Waals surface area contributed by atoms with Crippen molar-refractivity contribution in [1.82, 2.24) is 4.90 Å². The fourth-order valence-electron chi connectivity index (χ4n) is 1.78. The van der Waals surface area contributed by atoms with Gasteiger partial charge in [-0.1, -0.05) is 38.1 Å². The molecule has 1 aliphatic rings. The minimum Gasteiger partial charge on any atom is -0.664 e. The summed E-state index contributed by atoms with van der Waals surface area (Å²) in [6.07, 6.45) is 0. The average Bonchev–Trinajstić information content (AvgIpc) is 2.43. The maximum absolute atomic E-state index is 10.8. The van der Waals surface area contributed by atoms with E-state index in [9.17, 15) is 4.79 Å². The van der Waals surface area contributed by atoms with Crippen molar-refractivity contribution in [3.8, 4) is 0 Å². The summed E-state index contributed by atoms with van der Waals surface area (Å²) in [5.41, 5.74) is 8.68. The van der Waals surface area contributed by atoms with Crippen LogP contribution in [0.5, 0.6) is 0 Å². The second kappa shape index (κ2) is 11.3. The summed E-state index contributed by atoms with van der Waals surface area (Å²) in [5, 5.41) is 0. The molecule has 3 nitrogen and oxygen atoms in total. The Morgan fingerprint density at radius 3 is 2.21 bits per heavy atom. The molecule has 1 N–H and O–H groups in total. The quantitative estimate of drug-likeness (QED) is 0.762. The number of rotatable bonds is 3. The Labute approximate surface area is 163 Å². The molecule has 100 valence electrons. The summed E-state index contributed by atoms with van der Waals surface area (Å²) in [4.78, 5) is 13.2. The number of hydrogen-bond donors (Lipinski definition) is 0. The van der Waals surface area contributed by atoms with Crippen LogP contribution in [0.2, 0.25) is 0 Å². The van der Waals surface area contributed by atoms with Crippen LogP contribution in [0, 0.1) is 0 Å².